The lowest BCUT2D eigenvalue weighted by Crippen LogP contribution is -2.37. The predicted octanol–water partition coefficient (Wildman–Crippen LogP) is 4.35. The second kappa shape index (κ2) is 6.64. The lowest BCUT2D eigenvalue weighted by molar-refractivity contribution is 0.0522. The Morgan fingerprint density at radius 3 is 2.52 bits per heavy atom. The molecule has 0 radical (unpaired) electrons. The predicted molar refractivity (Wildman–Crippen MR) is 97.6 cm³/mol. The van der Waals surface area contributed by atoms with Crippen LogP contribution in [0.3, 0.4) is 0 Å². The molecule has 1 aliphatic rings. The molecule has 5 nitrogen and oxygen atoms in total. The largest absolute Gasteiger partial charge is 0.444 e. The monoisotopic (exact) mass is 359 g/mol. The van der Waals surface area contributed by atoms with Gasteiger partial charge in [-0.1, -0.05) is 11.6 Å². The summed E-state index contributed by atoms with van der Waals surface area (Å²) < 4.78 is 5.29. The fraction of sp³-hybridized carbons (Fsp3) is 0.421. The highest BCUT2D eigenvalue weighted by atomic mass is 35.5. The zero-order chi connectivity index (χ0) is 18.1. The molecule has 0 unspecified atom stereocenters. The summed E-state index contributed by atoms with van der Waals surface area (Å²) in [6.45, 7) is 6.00. The Morgan fingerprint density at radius 1 is 1.28 bits per heavy atom. The number of rotatable bonds is 4. The maximum atomic E-state index is 11.9. The van der Waals surface area contributed by atoms with Crippen molar-refractivity contribution in [3.63, 3.8) is 0 Å². The third-order valence-electron chi connectivity index (χ3n) is 4.18. The van der Waals surface area contributed by atoms with Gasteiger partial charge in [0, 0.05) is 36.1 Å². The molecule has 1 N–H and O–H groups in total. The highest BCUT2D eigenvalue weighted by molar-refractivity contribution is 6.31. The van der Waals surface area contributed by atoms with Crippen molar-refractivity contribution < 1.29 is 9.53 Å². The first-order chi connectivity index (χ1) is 11.8. The average Bonchev–Trinajstić information content (AvgIpc) is 3.33. The minimum absolute atomic E-state index is 0.190. The van der Waals surface area contributed by atoms with Gasteiger partial charge in [-0.25, -0.2) is 4.79 Å². The zero-order valence-corrected chi connectivity index (χ0v) is 15.4. The number of carbonyl (C=O) groups is 1. The highest BCUT2D eigenvalue weighted by Gasteiger charge is 2.47. The summed E-state index contributed by atoms with van der Waals surface area (Å²) in [6.07, 6.45) is 6.79. The van der Waals surface area contributed by atoms with Gasteiger partial charge in [0.25, 0.3) is 0 Å². The molecule has 0 aliphatic heterocycles. The molecule has 2 aromatic heterocycles. The fourth-order valence-electron chi connectivity index (χ4n) is 2.73. The normalized spacial score (nSPS) is 15.5. The Labute approximate surface area is 152 Å². The first-order valence-electron chi connectivity index (χ1n) is 8.32. The van der Waals surface area contributed by atoms with Crippen LogP contribution in [-0.2, 0) is 10.2 Å². The van der Waals surface area contributed by atoms with Gasteiger partial charge in [-0.2, -0.15) is 0 Å². The average molecular weight is 360 g/mol. The van der Waals surface area contributed by atoms with Gasteiger partial charge in [0.2, 0.25) is 0 Å². The number of aromatic nitrogens is 2. The molecule has 132 valence electrons. The van der Waals surface area contributed by atoms with E-state index < -0.39 is 11.7 Å². The summed E-state index contributed by atoms with van der Waals surface area (Å²) >= 11 is 6.50. The number of amides is 1. The van der Waals surface area contributed by atoms with Crippen molar-refractivity contribution in [1.29, 1.82) is 0 Å². The van der Waals surface area contributed by atoms with Gasteiger partial charge in [-0.15, -0.1) is 0 Å². The van der Waals surface area contributed by atoms with Crippen molar-refractivity contribution in [1.82, 2.24) is 15.3 Å². The second-order valence-corrected chi connectivity index (χ2v) is 7.83. The Balaban J connectivity index is 1.72. The van der Waals surface area contributed by atoms with Gasteiger partial charge >= 0.3 is 6.09 Å². The summed E-state index contributed by atoms with van der Waals surface area (Å²) in [5.74, 6) is 0. The topological polar surface area (TPSA) is 64.1 Å². The zero-order valence-electron chi connectivity index (χ0n) is 14.7. The van der Waals surface area contributed by atoms with Crippen LogP contribution < -0.4 is 5.32 Å². The number of alkyl carbamates (subject to hydrolysis) is 1. The molecule has 0 aromatic carbocycles. The quantitative estimate of drug-likeness (QED) is 0.881. The summed E-state index contributed by atoms with van der Waals surface area (Å²) in [4.78, 5) is 20.5. The molecule has 0 bridgehead atoms. The third kappa shape index (κ3) is 4.28. The van der Waals surface area contributed by atoms with Gasteiger partial charge < -0.3 is 10.1 Å². The van der Waals surface area contributed by atoms with Gasteiger partial charge in [0.1, 0.15) is 5.60 Å². The number of nitrogens with one attached hydrogen (secondary N) is 1. The van der Waals surface area contributed by atoms with E-state index in [2.05, 4.69) is 15.3 Å². The maximum absolute atomic E-state index is 11.9. The number of hydrogen-bond acceptors (Lipinski definition) is 4. The molecule has 1 amide bonds. The molecule has 0 saturated heterocycles. The Hall–Kier alpha value is -2.14. The van der Waals surface area contributed by atoms with Crippen LogP contribution in [0.25, 0.3) is 11.1 Å². The van der Waals surface area contributed by atoms with E-state index in [1.165, 1.54) is 0 Å². The lowest BCUT2D eigenvalue weighted by Gasteiger charge is -2.22. The van der Waals surface area contributed by atoms with E-state index in [1.54, 1.807) is 12.4 Å². The van der Waals surface area contributed by atoms with Crippen molar-refractivity contribution in [2.75, 3.05) is 6.54 Å². The van der Waals surface area contributed by atoms with Gasteiger partial charge in [-0.3, -0.25) is 9.97 Å². The number of nitrogens with zero attached hydrogens (tertiary/aromatic N) is 2. The maximum Gasteiger partial charge on any atom is 0.407 e. The van der Waals surface area contributed by atoms with Crippen LogP contribution in [0, 0.1) is 0 Å². The SMILES string of the molecule is CC(C)(C)OC(=O)NCC1(c2ncc(-c3ccncc3)cc2Cl)CC1. The van der Waals surface area contributed by atoms with Gasteiger partial charge in [0.05, 0.1) is 10.7 Å². The van der Waals surface area contributed by atoms with Crippen LogP contribution in [-0.4, -0.2) is 28.2 Å². The van der Waals surface area contributed by atoms with E-state index in [9.17, 15) is 4.79 Å². The first-order valence-corrected chi connectivity index (χ1v) is 8.70. The van der Waals surface area contributed by atoms with Crippen LogP contribution in [0.5, 0.6) is 0 Å². The number of hydrogen-bond donors (Lipinski definition) is 1. The number of ether oxygens (including phenoxy) is 1. The number of halogens is 1. The van der Waals surface area contributed by atoms with Crippen LogP contribution in [0.2, 0.25) is 5.02 Å². The lowest BCUT2D eigenvalue weighted by atomic mass is 10.00. The summed E-state index contributed by atoms with van der Waals surface area (Å²) in [6, 6.07) is 5.76. The van der Waals surface area contributed by atoms with E-state index in [0.29, 0.717) is 11.6 Å². The van der Waals surface area contributed by atoms with E-state index in [0.717, 1.165) is 29.7 Å². The van der Waals surface area contributed by atoms with Crippen molar-refractivity contribution in [2.45, 2.75) is 44.6 Å². The van der Waals surface area contributed by atoms with Crippen LogP contribution >= 0.6 is 11.6 Å². The minimum Gasteiger partial charge on any atom is -0.444 e. The van der Waals surface area contributed by atoms with Crippen molar-refractivity contribution in [3.05, 3.63) is 47.5 Å². The Bertz CT molecular complexity index is 768. The second-order valence-electron chi connectivity index (χ2n) is 7.43. The molecule has 1 saturated carbocycles. The summed E-state index contributed by atoms with van der Waals surface area (Å²) in [5, 5.41) is 3.47. The van der Waals surface area contributed by atoms with Crippen LogP contribution in [0.4, 0.5) is 4.79 Å². The molecule has 0 atom stereocenters. The fourth-order valence-corrected chi connectivity index (χ4v) is 3.10. The standard InChI is InChI=1S/C19H22ClN3O2/c1-18(2,3)25-17(24)23-12-19(6-7-19)16-15(20)10-14(11-22-16)13-4-8-21-9-5-13/h4-5,8-11H,6-7,12H2,1-3H3,(H,23,24). The van der Waals surface area contributed by atoms with E-state index in [-0.39, 0.29) is 5.41 Å². The van der Waals surface area contributed by atoms with E-state index in [1.807, 2.05) is 45.2 Å². The molecular formula is C19H22ClN3O2. The van der Waals surface area contributed by atoms with E-state index in [4.69, 9.17) is 16.3 Å². The minimum atomic E-state index is -0.511. The number of carbonyl (C=O) groups excluding carboxylic acids is 1. The van der Waals surface area contributed by atoms with Crippen LogP contribution in [0.15, 0.2) is 36.8 Å². The highest BCUT2D eigenvalue weighted by Crippen LogP contribution is 2.49. The first kappa shape index (κ1) is 17.7. The smallest absolute Gasteiger partial charge is 0.407 e. The molecule has 1 fully saturated rings. The molecule has 3 rings (SSSR count). The van der Waals surface area contributed by atoms with Crippen LogP contribution in [0.1, 0.15) is 39.3 Å². The molecule has 25 heavy (non-hydrogen) atoms. The number of pyridine rings is 2. The summed E-state index contributed by atoms with van der Waals surface area (Å²) in [7, 11) is 0. The summed E-state index contributed by atoms with van der Waals surface area (Å²) in [5.41, 5.74) is 2.11. The molecule has 6 heteroatoms. The van der Waals surface area contributed by atoms with Crippen molar-refractivity contribution in [2.24, 2.45) is 0 Å². The van der Waals surface area contributed by atoms with E-state index >= 15 is 0 Å². The van der Waals surface area contributed by atoms with Crippen molar-refractivity contribution >= 4 is 17.7 Å². The van der Waals surface area contributed by atoms with Gasteiger partial charge in [0.15, 0.2) is 0 Å². The Kier molecular flexibility index (Phi) is 4.69. The van der Waals surface area contributed by atoms with Gasteiger partial charge in [-0.05, 0) is 57.4 Å². The molecule has 1 aliphatic carbocycles. The third-order valence-corrected chi connectivity index (χ3v) is 4.47. The molecule has 0 spiro atoms. The molecule has 2 aromatic rings. The molecular weight excluding hydrogens is 338 g/mol. The molecule has 2 heterocycles. The van der Waals surface area contributed by atoms with Crippen molar-refractivity contribution in [3.8, 4) is 11.1 Å². The Morgan fingerprint density at radius 2 is 1.96 bits per heavy atom.